The van der Waals surface area contributed by atoms with Crippen molar-refractivity contribution < 1.29 is 13.9 Å². The van der Waals surface area contributed by atoms with E-state index in [1.807, 2.05) is 25.1 Å². The number of thiazole rings is 1. The largest absolute Gasteiger partial charge is 0.491 e. The highest BCUT2D eigenvalue weighted by atomic mass is 32.1. The highest BCUT2D eigenvalue weighted by molar-refractivity contribution is 7.18. The van der Waals surface area contributed by atoms with Gasteiger partial charge in [0.05, 0.1) is 11.4 Å². The number of nitrogens with zero attached hydrogens (tertiary/aromatic N) is 2. The van der Waals surface area contributed by atoms with Crippen LogP contribution in [-0.4, -0.2) is 28.9 Å². The number of halogens is 1. The maximum atomic E-state index is 14.5. The summed E-state index contributed by atoms with van der Waals surface area (Å²) in [5, 5.41) is 0.511. The fourth-order valence-corrected chi connectivity index (χ4v) is 4.28. The molecule has 3 aromatic rings. The van der Waals surface area contributed by atoms with E-state index in [1.165, 1.54) is 11.3 Å². The Bertz CT molecular complexity index is 1080. The van der Waals surface area contributed by atoms with Crippen LogP contribution in [0, 0.1) is 12.7 Å². The maximum absolute atomic E-state index is 14.5. The van der Waals surface area contributed by atoms with Crippen molar-refractivity contribution in [3.63, 3.8) is 0 Å². The lowest BCUT2D eigenvalue weighted by Gasteiger charge is -2.22. The number of aryl methyl sites for hydroxylation is 1. The smallest absolute Gasteiger partial charge is 0.254 e. The number of hydrogen-bond acceptors (Lipinski definition) is 5. The third-order valence-electron chi connectivity index (χ3n) is 5.16. The Balaban J connectivity index is 1.66. The van der Waals surface area contributed by atoms with E-state index in [1.54, 1.807) is 30.2 Å². The fourth-order valence-electron chi connectivity index (χ4n) is 3.60. The minimum Gasteiger partial charge on any atom is -0.491 e. The molecule has 0 bridgehead atoms. The molecule has 0 aliphatic carbocycles. The Labute approximate surface area is 172 Å². The molecule has 29 heavy (non-hydrogen) atoms. The predicted octanol–water partition coefficient (Wildman–Crippen LogP) is 4.44. The highest BCUT2D eigenvalue weighted by Gasteiger charge is 2.24. The van der Waals surface area contributed by atoms with Gasteiger partial charge in [-0.25, -0.2) is 9.37 Å². The summed E-state index contributed by atoms with van der Waals surface area (Å²) >= 11 is 1.41. The van der Waals surface area contributed by atoms with Crippen LogP contribution in [-0.2, 0) is 13.0 Å². The van der Waals surface area contributed by atoms with Crippen LogP contribution in [0.15, 0.2) is 36.5 Å². The van der Waals surface area contributed by atoms with Gasteiger partial charge in [0.15, 0.2) is 5.13 Å². The van der Waals surface area contributed by atoms with Gasteiger partial charge in [0.2, 0.25) is 0 Å². The van der Waals surface area contributed by atoms with Crippen molar-refractivity contribution in [3.05, 3.63) is 64.6 Å². The average molecular weight is 412 g/mol. The average Bonchev–Trinajstić information content (AvgIpc) is 3.04. The first kappa shape index (κ1) is 19.4. The van der Waals surface area contributed by atoms with E-state index in [0.29, 0.717) is 47.9 Å². The Morgan fingerprint density at radius 2 is 2.17 bits per heavy atom. The minimum absolute atomic E-state index is 0.176. The summed E-state index contributed by atoms with van der Waals surface area (Å²) in [6.45, 7) is 4.81. The molecule has 0 radical (unpaired) electrons. The van der Waals surface area contributed by atoms with Gasteiger partial charge in [0.1, 0.15) is 18.2 Å². The van der Waals surface area contributed by atoms with E-state index in [4.69, 9.17) is 10.5 Å². The second-order valence-corrected chi connectivity index (χ2v) is 8.10. The van der Waals surface area contributed by atoms with Crippen molar-refractivity contribution in [1.82, 2.24) is 9.88 Å². The number of fused-ring (bicyclic) bond motifs is 1. The topological polar surface area (TPSA) is 68.5 Å². The number of rotatable bonds is 3. The maximum Gasteiger partial charge on any atom is 0.254 e. The zero-order chi connectivity index (χ0) is 20.5. The summed E-state index contributed by atoms with van der Waals surface area (Å²) in [7, 11) is 0. The van der Waals surface area contributed by atoms with E-state index in [0.717, 1.165) is 21.8 Å². The van der Waals surface area contributed by atoms with E-state index >= 15 is 0 Å². The molecule has 0 atom stereocenters. The molecular formula is C22H22FN3O2S. The quantitative estimate of drug-likeness (QED) is 0.692. The zero-order valence-electron chi connectivity index (χ0n) is 16.4. The first-order valence-corrected chi connectivity index (χ1v) is 10.3. The van der Waals surface area contributed by atoms with E-state index in [2.05, 4.69) is 4.98 Å². The molecule has 2 heterocycles. The lowest BCUT2D eigenvalue weighted by Crippen LogP contribution is -2.33. The lowest BCUT2D eigenvalue weighted by molar-refractivity contribution is 0.0731. The predicted molar refractivity (Wildman–Crippen MR) is 113 cm³/mol. The molecule has 1 amide bonds. The first-order valence-electron chi connectivity index (χ1n) is 9.52. The summed E-state index contributed by atoms with van der Waals surface area (Å²) in [4.78, 5) is 20.0. The molecule has 1 aliphatic rings. The number of ether oxygens (including phenoxy) is 1. The number of nitrogens with two attached hydrogens (primary N) is 1. The van der Waals surface area contributed by atoms with E-state index < -0.39 is 0 Å². The number of anilines is 1. The van der Waals surface area contributed by atoms with Crippen LogP contribution < -0.4 is 10.5 Å². The second kappa shape index (κ2) is 7.83. The van der Waals surface area contributed by atoms with Crippen LogP contribution in [0.1, 0.15) is 34.0 Å². The molecule has 150 valence electrons. The van der Waals surface area contributed by atoms with Crippen LogP contribution in [0.3, 0.4) is 0 Å². The number of aromatic nitrogens is 1. The van der Waals surface area contributed by atoms with Gasteiger partial charge in [-0.3, -0.25) is 4.79 Å². The third kappa shape index (κ3) is 3.70. The molecule has 0 saturated heterocycles. The van der Waals surface area contributed by atoms with Crippen LogP contribution in [0.5, 0.6) is 5.75 Å². The molecule has 2 aromatic carbocycles. The van der Waals surface area contributed by atoms with Crippen molar-refractivity contribution >= 4 is 22.4 Å². The monoisotopic (exact) mass is 411 g/mol. The summed E-state index contributed by atoms with van der Waals surface area (Å²) in [5.74, 6) is 0.284. The molecule has 0 saturated carbocycles. The third-order valence-corrected chi connectivity index (χ3v) is 6.03. The van der Waals surface area contributed by atoms with Crippen LogP contribution in [0.25, 0.3) is 10.4 Å². The number of amides is 1. The molecule has 5 nitrogen and oxygen atoms in total. The molecule has 2 N–H and O–H groups in total. The number of benzene rings is 2. The van der Waals surface area contributed by atoms with Crippen molar-refractivity contribution in [1.29, 1.82) is 0 Å². The van der Waals surface area contributed by atoms with Crippen molar-refractivity contribution in [2.24, 2.45) is 0 Å². The number of carbonyl (C=O) groups excluding carboxylic acids is 1. The molecule has 1 aliphatic heterocycles. The van der Waals surface area contributed by atoms with Crippen LogP contribution in [0.4, 0.5) is 9.52 Å². The van der Waals surface area contributed by atoms with Gasteiger partial charge >= 0.3 is 0 Å². The van der Waals surface area contributed by atoms with Gasteiger partial charge in [-0.2, -0.15) is 0 Å². The summed E-state index contributed by atoms with van der Waals surface area (Å²) in [5.41, 5.74) is 9.08. The Morgan fingerprint density at radius 1 is 1.34 bits per heavy atom. The molecule has 1 aromatic heterocycles. The summed E-state index contributed by atoms with van der Waals surface area (Å²) in [6, 6.07) is 9.27. The fraction of sp³-hybridized carbons (Fsp3) is 0.273. The van der Waals surface area contributed by atoms with Crippen molar-refractivity contribution in [3.8, 4) is 16.2 Å². The minimum atomic E-state index is -0.296. The molecule has 4 rings (SSSR count). The summed E-state index contributed by atoms with van der Waals surface area (Å²) in [6.07, 6.45) is 2.21. The molecule has 0 fully saturated rings. The molecule has 0 unspecified atom stereocenters. The number of nitrogen functional groups attached to an aromatic ring is 1. The molecular weight excluding hydrogens is 389 g/mol. The normalized spacial score (nSPS) is 13.6. The van der Waals surface area contributed by atoms with Crippen molar-refractivity contribution in [2.75, 3.05) is 18.9 Å². The first-order chi connectivity index (χ1) is 14.0. The number of carbonyl (C=O) groups is 1. The van der Waals surface area contributed by atoms with Crippen LogP contribution in [0.2, 0.25) is 0 Å². The van der Waals surface area contributed by atoms with Gasteiger partial charge in [-0.1, -0.05) is 24.3 Å². The van der Waals surface area contributed by atoms with E-state index in [-0.39, 0.29) is 11.7 Å². The second-order valence-electron chi connectivity index (χ2n) is 7.04. The molecule has 0 spiro atoms. The Morgan fingerprint density at radius 3 is 2.90 bits per heavy atom. The van der Waals surface area contributed by atoms with E-state index in [9.17, 15) is 9.18 Å². The zero-order valence-corrected chi connectivity index (χ0v) is 17.2. The van der Waals surface area contributed by atoms with Gasteiger partial charge < -0.3 is 15.4 Å². The Hall–Kier alpha value is -2.93. The Kier molecular flexibility index (Phi) is 5.24. The van der Waals surface area contributed by atoms with Gasteiger partial charge in [-0.05, 0) is 48.7 Å². The van der Waals surface area contributed by atoms with Gasteiger partial charge in [0.25, 0.3) is 5.91 Å². The van der Waals surface area contributed by atoms with Crippen LogP contribution >= 0.6 is 11.3 Å². The standard InChI is InChI=1S/C22H22FN3O2S/c1-3-16-17(6-4-13(2)20(16)23)21(27)26-8-9-28-18-7-5-14(10-15(18)12-26)19-11-25-22(24)29-19/h4-7,10-11H,3,8-9,12H2,1-2H3,(H2,24,25). The SMILES string of the molecule is CCc1c(C(=O)N2CCOc3ccc(-c4cnc(N)s4)cc3C2)ccc(C)c1F. The lowest BCUT2D eigenvalue weighted by atomic mass is 10.00. The van der Waals surface area contributed by atoms with Gasteiger partial charge in [0, 0.05) is 29.4 Å². The highest BCUT2D eigenvalue weighted by Crippen LogP contribution is 2.33. The van der Waals surface area contributed by atoms with Crippen molar-refractivity contribution in [2.45, 2.75) is 26.8 Å². The summed E-state index contributed by atoms with van der Waals surface area (Å²) < 4.78 is 20.4. The van der Waals surface area contributed by atoms with Gasteiger partial charge in [-0.15, -0.1) is 0 Å². The molecule has 7 heteroatoms. The number of hydrogen-bond donors (Lipinski definition) is 1.